The Bertz CT molecular complexity index is 506. The highest BCUT2D eigenvalue weighted by Gasteiger charge is 2.18. The van der Waals surface area contributed by atoms with Crippen LogP contribution in [0, 0.1) is 17.6 Å². The van der Waals surface area contributed by atoms with E-state index in [1.165, 1.54) is 6.08 Å². The zero-order chi connectivity index (χ0) is 16.0. The van der Waals surface area contributed by atoms with Gasteiger partial charge >= 0.3 is 5.97 Å². The van der Waals surface area contributed by atoms with Crippen LogP contribution in [-0.4, -0.2) is 24.2 Å². The zero-order valence-corrected chi connectivity index (χ0v) is 12.6. The molecule has 0 saturated carbocycles. The van der Waals surface area contributed by atoms with Crippen LogP contribution < -0.4 is 4.90 Å². The van der Waals surface area contributed by atoms with Crippen molar-refractivity contribution in [3.63, 3.8) is 0 Å². The van der Waals surface area contributed by atoms with Gasteiger partial charge in [0.25, 0.3) is 0 Å². The van der Waals surface area contributed by atoms with Gasteiger partial charge in [-0.25, -0.2) is 13.6 Å². The summed E-state index contributed by atoms with van der Waals surface area (Å²) < 4.78 is 28.3. The van der Waals surface area contributed by atoms with Gasteiger partial charge in [0, 0.05) is 19.2 Å². The Morgan fingerprint density at radius 1 is 1.33 bits per heavy atom. The van der Waals surface area contributed by atoms with Crippen molar-refractivity contribution in [3.05, 3.63) is 35.4 Å². The molecule has 0 spiro atoms. The first kappa shape index (κ1) is 17.1. The van der Waals surface area contributed by atoms with Gasteiger partial charge in [-0.1, -0.05) is 20.3 Å². The maximum Gasteiger partial charge on any atom is 0.328 e. The molecule has 0 saturated heterocycles. The number of nitrogens with zero attached hydrogens (tertiary/aromatic N) is 1. The largest absolute Gasteiger partial charge is 0.478 e. The summed E-state index contributed by atoms with van der Waals surface area (Å²) in [7, 11) is 0. The van der Waals surface area contributed by atoms with Crippen LogP contribution in [0.2, 0.25) is 0 Å². The fraction of sp³-hybridized carbons (Fsp3) is 0.438. The Morgan fingerprint density at radius 3 is 2.33 bits per heavy atom. The number of hydrogen-bond acceptors (Lipinski definition) is 2. The van der Waals surface area contributed by atoms with Gasteiger partial charge in [0.2, 0.25) is 0 Å². The molecule has 3 nitrogen and oxygen atoms in total. The lowest BCUT2D eigenvalue weighted by Gasteiger charge is -2.27. The van der Waals surface area contributed by atoms with Gasteiger partial charge in [0.15, 0.2) is 0 Å². The second-order valence-corrected chi connectivity index (χ2v) is 5.06. The third-order valence-electron chi connectivity index (χ3n) is 3.38. The number of carbonyl (C=O) groups is 1. The normalized spacial score (nSPS) is 12.6. The van der Waals surface area contributed by atoms with Crippen molar-refractivity contribution >= 4 is 17.7 Å². The second kappa shape index (κ2) is 7.76. The Morgan fingerprint density at radius 2 is 1.90 bits per heavy atom. The van der Waals surface area contributed by atoms with Crippen LogP contribution in [0.3, 0.4) is 0 Å². The van der Waals surface area contributed by atoms with Gasteiger partial charge in [0.05, 0.1) is 0 Å². The third kappa shape index (κ3) is 4.85. The molecule has 0 bridgehead atoms. The second-order valence-electron chi connectivity index (χ2n) is 5.06. The summed E-state index contributed by atoms with van der Waals surface area (Å²) in [6, 6.07) is 2.30. The highest BCUT2D eigenvalue weighted by molar-refractivity contribution is 5.85. The molecule has 0 fully saturated rings. The first-order valence-corrected chi connectivity index (χ1v) is 7.04. The topological polar surface area (TPSA) is 40.5 Å². The lowest BCUT2D eigenvalue weighted by molar-refractivity contribution is -0.131. The lowest BCUT2D eigenvalue weighted by atomic mass is 10.1. The van der Waals surface area contributed by atoms with Crippen LogP contribution in [0.4, 0.5) is 14.5 Å². The number of aliphatic carboxylic acids is 1. The van der Waals surface area contributed by atoms with Crippen LogP contribution >= 0.6 is 0 Å². The van der Waals surface area contributed by atoms with Gasteiger partial charge in [-0.2, -0.15) is 0 Å². The van der Waals surface area contributed by atoms with E-state index in [-0.39, 0.29) is 11.3 Å². The van der Waals surface area contributed by atoms with Crippen LogP contribution in [0.5, 0.6) is 0 Å². The van der Waals surface area contributed by atoms with Crippen LogP contribution in [0.15, 0.2) is 18.2 Å². The maximum atomic E-state index is 14.2. The molecule has 1 atom stereocenters. The van der Waals surface area contributed by atoms with E-state index < -0.39 is 17.6 Å². The first-order chi connectivity index (χ1) is 9.88. The fourth-order valence-electron chi connectivity index (χ4n) is 2.03. The molecule has 0 aliphatic carbocycles. The summed E-state index contributed by atoms with van der Waals surface area (Å²) >= 11 is 0. The average molecular weight is 297 g/mol. The zero-order valence-electron chi connectivity index (χ0n) is 12.6. The molecule has 1 unspecified atom stereocenters. The van der Waals surface area contributed by atoms with Crippen molar-refractivity contribution in [1.29, 1.82) is 0 Å². The molecular weight excluding hydrogens is 276 g/mol. The van der Waals surface area contributed by atoms with Gasteiger partial charge in [0.1, 0.15) is 17.3 Å². The molecule has 1 aromatic rings. The number of halogens is 2. The Labute approximate surface area is 123 Å². The molecule has 5 heteroatoms. The van der Waals surface area contributed by atoms with Gasteiger partial charge in [-0.05, 0) is 36.6 Å². The van der Waals surface area contributed by atoms with Crippen molar-refractivity contribution in [2.75, 3.05) is 18.0 Å². The van der Waals surface area contributed by atoms with E-state index in [1.54, 1.807) is 4.90 Å². The highest BCUT2D eigenvalue weighted by Crippen LogP contribution is 2.26. The summed E-state index contributed by atoms with van der Waals surface area (Å²) in [5.41, 5.74) is 0.140. The van der Waals surface area contributed by atoms with Crippen molar-refractivity contribution in [1.82, 2.24) is 0 Å². The number of benzene rings is 1. The van der Waals surface area contributed by atoms with Crippen molar-refractivity contribution in [2.45, 2.75) is 27.2 Å². The minimum atomic E-state index is -1.16. The molecule has 1 rings (SSSR count). The molecule has 1 aromatic carbocycles. The minimum absolute atomic E-state index is 0.0507. The van der Waals surface area contributed by atoms with E-state index >= 15 is 0 Å². The van der Waals surface area contributed by atoms with E-state index in [0.29, 0.717) is 19.0 Å². The monoisotopic (exact) mass is 297 g/mol. The molecule has 0 aliphatic heterocycles. The number of carboxylic acid groups (broad SMARTS) is 1. The third-order valence-corrected chi connectivity index (χ3v) is 3.38. The molecule has 0 radical (unpaired) electrons. The van der Waals surface area contributed by atoms with Crippen LogP contribution in [0.1, 0.15) is 32.8 Å². The summed E-state index contributed by atoms with van der Waals surface area (Å²) in [6.07, 6.45) is 2.95. The number of rotatable bonds is 7. The Hall–Kier alpha value is -1.91. The Balaban J connectivity index is 3.10. The molecule has 0 aromatic heterocycles. The lowest BCUT2D eigenvalue weighted by Crippen LogP contribution is -2.29. The predicted octanol–water partition coefficient (Wildman–Crippen LogP) is 3.94. The van der Waals surface area contributed by atoms with Gasteiger partial charge in [-0.15, -0.1) is 0 Å². The molecule has 116 valence electrons. The predicted molar refractivity (Wildman–Crippen MR) is 80.4 cm³/mol. The van der Waals surface area contributed by atoms with Gasteiger partial charge < -0.3 is 10.0 Å². The first-order valence-electron chi connectivity index (χ1n) is 7.04. The summed E-state index contributed by atoms with van der Waals surface area (Å²) in [4.78, 5) is 12.1. The molecular formula is C16H21F2NO2. The highest BCUT2D eigenvalue weighted by atomic mass is 19.1. The minimum Gasteiger partial charge on any atom is -0.478 e. The number of anilines is 1. The molecule has 1 N–H and O–H groups in total. The summed E-state index contributed by atoms with van der Waals surface area (Å²) in [5, 5.41) is 8.54. The maximum absolute atomic E-state index is 14.2. The van der Waals surface area contributed by atoms with Crippen molar-refractivity contribution in [2.24, 2.45) is 5.92 Å². The standard InChI is InChI=1S/C16H21F2NO2/c1-4-11(3)10-19(5-2)16-13(17)8-12(9-14(16)18)6-7-15(20)21/h6-9,11H,4-5,10H2,1-3H3,(H,20,21). The fourth-order valence-corrected chi connectivity index (χ4v) is 2.03. The van der Waals surface area contributed by atoms with Gasteiger partial charge in [-0.3, -0.25) is 0 Å². The van der Waals surface area contributed by atoms with Crippen molar-refractivity contribution in [3.8, 4) is 0 Å². The smallest absolute Gasteiger partial charge is 0.328 e. The number of carboxylic acids is 1. The van der Waals surface area contributed by atoms with E-state index in [2.05, 4.69) is 0 Å². The molecule has 21 heavy (non-hydrogen) atoms. The van der Waals surface area contributed by atoms with Crippen LogP contribution in [-0.2, 0) is 4.79 Å². The average Bonchev–Trinajstić information content (AvgIpc) is 2.42. The molecule has 0 heterocycles. The van der Waals surface area contributed by atoms with E-state index in [1.807, 2.05) is 20.8 Å². The van der Waals surface area contributed by atoms with E-state index in [4.69, 9.17) is 5.11 Å². The Kier molecular flexibility index (Phi) is 6.34. The van der Waals surface area contributed by atoms with Crippen LogP contribution in [0.25, 0.3) is 6.08 Å². The summed E-state index contributed by atoms with van der Waals surface area (Å²) in [6.45, 7) is 6.99. The quantitative estimate of drug-likeness (QED) is 0.775. The number of hydrogen-bond donors (Lipinski definition) is 1. The van der Waals surface area contributed by atoms with E-state index in [0.717, 1.165) is 24.6 Å². The summed E-state index contributed by atoms with van der Waals surface area (Å²) in [5.74, 6) is -2.18. The molecule has 0 amide bonds. The van der Waals surface area contributed by atoms with Crippen molar-refractivity contribution < 1.29 is 18.7 Å². The van der Waals surface area contributed by atoms with E-state index in [9.17, 15) is 13.6 Å². The SMILES string of the molecule is CCC(C)CN(CC)c1c(F)cc(C=CC(=O)O)cc1F. The molecule has 0 aliphatic rings.